The highest BCUT2D eigenvalue weighted by Gasteiger charge is 2.22. The van der Waals surface area contributed by atoms with E-state index in [1.807, 2.05) is 19.4 Å². The van der Waals surface area contributed by atoms with Gasteiger partial charge in [0.05, 0.1) is 6.54 Å². The first-order valence-corrected chi connectivity index (χ1v) is 6.16. The van der Waals surface area contributed by atoms with Crippen molar-refractivity contribution in [3.8, 4) is 0 Å². The number of nitrogens with zero attached hydrogens (tertiary/aromatic N) is 3. The van der Waals surface area contributed by atoms with Gasteiger partial charge in [0, 0.05) is 32.0 Å². The summed E-state index contributed by atoms with van der Waals surface area (Å²) in [4.78, 5) is 6.96. The minimum absolute atomic E-state index is 0.676. The number of hydrogen-bond donors (Lipinski definition) is 1. The summed E-state index contributed by atoms with van der Waals surface area (Å²) in [5.74, 6) is 1.17. The number of nitrogens with one attached hydrogen (secondary N) is 1. The SMILES string of the molecule is CNCC1CCCCN1Cc1nccn1C. The largest absolute Gasteiger partial charge is 0.337 e. The second-order valence-corrected chi connectivity index (χ2v) is 4.63. The van der Waals surface area contributed by atoms with Gasteiger partial charge in [-0.1, -0.05) is 6.42 Å². The smallest absolute Gasteiger partial charge is 0.122 e. The number of rotatable bonds is 4. The second-order valence-electron chi connectivity index (χ2n) is 4.63. The Morgan fingerprint density at radius 3 is 3.06 bits per heavy atom. The van der Waals surface area contributed by atoms with E-state index < -0.39 is 0 Å². The van der Waals surface area contributed by atoms with Crippen LogP contribution in [0.1, 0.15) is 25.1 Å². The molecule has 4 nitrogen and oxygen atoms in total. The Labute approximate surface area is 97.7 Å². The molecule has 1 aliphatic rings. The van der Waals surface area contributed by atoms with E-state index in [1.54, 1.807) is 0 Å². The van der Waals surface area contributed by atoms with Crippen LogP contribution in [-0.2, 0) is 13.6 Å². The van der Waals surface area contributed by atoms with Crippen LogP contribution in [0, 0.1) is 0 Å². The molecule has 1 atom stereocenters. The first-order chi connectivity index (χ1) is 7.81. The average Bonchev–Trinajstić information content (AvgIpc) is 2.68. The molecular weight excluding hydrogens is 200 g/mol. The van der Waals surface area contributed by atoms with E-state index in [9.17, 15) is 0 Å². The Bertz CT molecular complexity index is 319. The summed E-state index contributed by atoms with van der Waals surface area (Å²) in [6, 6.07) is 0.676. The minimum atomic E-state index is 0.676. The van der Waals surface area contributed by atoms with Crippen LogP contribution >= 0.6 is 0 Å². The van der Waals surface area contributed by atoms with Crippen molar-refractivity contribution < 1.29 is 0 Å². The molecule has 4 heteroatoms. The van der Waals surface area contributed by atoms with E-state index in [-0.39, 0.29) is 0 Å². The second kappa shape index (κ2) is 5.46. The maximum absolute atomic E-state index is 4.41. The van der Waals surface area contributed by atoms with E-state index in [1.165, 1.54) is 31.6 Å². The van der Waals surface area contributed by atoms with Gasteiger partial charge in [-0.15, -0.1) is 0 Å². The van der Waals surface area contributed by atoms with Gasteiger partial charge < -0.3 is 9.88 Å². The third-order valence-corrected chi connectivity index (χ3v) is 3.45. The highest BCUT2D eigenvalue weighted by Crippen LogP contribution is 2.18. The molecule has 1 aromatic rings. The Morgan fingerprint density at radius 1 is 1.50 bits per heavy atom. The number of likely N-dealkylation sites (N-methyl/N-ethyl adjacent to an activating group) is 1. The molecule has 1 fully saturated rings. The lowest BCUT2D eigenvalue weighted by Gasteiger charge is -2.35. The average molecular weight is 222 g/mol. The molecule has 0 saturated carbocycles. The first kappa shape index (κ1) is 11.6. The maximum atomic E-state index is 4.41. The van der Waals surface area contributed by atoms with Gasteiger partial charge in [-0.05, 0) is 26.4 Å². The van der Waals surface area contributed by atoms with Gasteiger partial charge in [0.25, 0.3) is 0 Å². The van der Waals surface area contributed by atoms with Crippen molar-refractivity contribution in [1.82, 2.24) is 19.8 Å². The lowest BCUT2D eigenvalue weighted by molar-refractivity contribution is 0.134. The molecule has 1 aromatic heterocycles. The highest BCUT2D eigenvalue weighted by molar-refractivity contribution is 4.93. The van der Waals surface area contributed by atoms with Crippen LogP contribution in [-0.4, -0.2) is 40.6 Å². The van der Waals surface area contributed by atoms with Crippen LogP contribution in [0.3, 0.4) is 0 Å². The summed E-state index contributed by atoms with van der Waals surface area (Å²) in [5.41, 5.74) is 0. The fourth-order valence-electron chi connectivity index (χ4n) is 2.47. The molecule has 1 aliphatic heterocycles. The summed E-state index contributed by atoms with van der Waals surface area (Å²) < 4.78 is 2.12. The fraction of sp³-hybridized carbons (Fsp3) is 0.750. The molecule has 1 N–H and O–H groups in total. The summed E-state index contributed by atoms with van der Waals surface area (Å²) >= 11 is 0. The van der Waals surface area contributed by atoms with Crippen LogP contribution in [0.5, 0.6) is 0 Å². The quantitative estimate of drug-likeness (QED) is 0.825. The lowest BCUT2D eigenvalue weighted by atomic mass is 10.0. The maximum Gasteiger partial charge on any atom is 0.122 e. The first-order valence-electron chi connectivity index (χ1n) is 6.16. The molecule has 1 saturated heterocycles. The summed E-state index contributed by atoms with van der Waals surface area (Å²) in [6.45, 7) is 3.28. The van der Waals surface area contributed by atoms with Crippen LogP contribution in [0.25, 0.3) is 0 Å². The van der Waals surface area contributed by atoms with E-state index in [4.69, 9.17) is 0 Å². The Hall–Kier alpha value is -0.870. The van der Waals surface area contributed by atoms with Crippen LogP contribution in [0.4, 0.5) is 0 Å². The van der Waals surface area contributed by atoms with Crippen molar-refractivity contribution in [1.29, 1.82) is 0 Å². The van der Waals surface area contributed by atoms with Gasteiger partial charge in [0.15, 0.2) is 0 Å². The van der Waals surface area contributed by atoms with Crippen molar-refractivity contribution in [2.75, 3.05) is 20.1 Å². The fourth-order valence-corrected chi connectivity index (χ4v) is 2.47. The monoisotopic (exact) mass is 222 g/mol. The molecule has 2 rings (SSSR count). The molecule has 0 radical (unpaired) electrons. The third kappa shape index (κ3) is 2.62. The van der Waals surface area contributed by atoms with Gasteiger partial charge in [0.1, 0.15) is 5.82 Å². The topological polar surface area (TPSA) is 33.1 Å². The lowest BCUT2D eigenvalue weighted by Crippen LogP contribution is -2.44. The Balaban J connectivity index is 1.98. The van der Waals surface area contributed by atoms with E-state index >= 15 is 0 Å². The Morgan fingerprint density at radius 2 is 2.38 bits per heavy atom. The zero-order chi connectivity index (χ0) is 11.4. The normalized spacial score (nSPS) is 22.5. The Kier molecular flexibility index (Phi) is 3.96. The van der Waals surface area contributed by atoms with Crippen molar-refractivity contribution >= 4 is 0 Å². The van der Waals surface area contributed by atoms with Crippen molar-refractivity contribution in [3.63, 3.8) is 0 Å². The standard InChI is InChI=1S/C12H22N4/c1-13-9-11-5-3-4-7-16(11)10-12-14-6-8-15(12)2/h6,8,11,13H,3-5,7,9-10H2,1-2H3. The predicted molar refractivity (Wildman–Crippen MR) is 65.2 cm³/mol. The summed E-state index contributed by atoms with van der Waals surface area (Å²) in [5, 5.41) is 3.29. The molecule has 2 heterocycles. The number of aromatic nitrogens is 2. The van der Waals surface area contributed by atoms with Crippen molar-refractivity contribution in [2.45, 2.75) is 31.8 Å². The molecule has 1 unspecified atom stereocenters. The highest BCUT2D eigenvalue weighted by atomic mass is 15.2. The molecule has 0 bridgehead atoms. The van der Waals surface area contributed by atoms with Gasteiger partial charge in [-0.25, -0.2) is 4.98 Å². The number of aryl methyl sites for hydroxylation is 1. The van der Waals surface area contributed by atoms with Gasteiger partial charge in [0.2, 0.25) is 0 Å². The third-order valence-electron chi connectivity index (χ3n) is 3.45. The summed E-state index contributed by atoms with van der Waals surface area (Å²) in [7, 11) is 4.10. The molecule has 0 amide bonds. The van der Waals surface area contributed by atoms with Crippen LogP contribution < -0.4 is 5.32 Å². The molecule has 90 valence electrons. The van der Waals surface area contributed by atoms with Crippen LogP contribution in [0.2, 0.25) is 0 Å². The van der Waals surface area contributed by atoms with Gasteiger partial charge in [-0.3, -0.25) is 4.90 Å². The number of hydrogen-bond acceptors (Lipinski definition) is 3. The molecule has 0 aromatic carbocycles. The predicted octanol–water partition coefficient (Wildman–Crippen LogP) is 0.994. The van der Waals surface area contributed by atoms with E-state index in [0.29, 0.717) is 6.04 Å². The van der Waals surface area contributed by atoms with Crippen molar-refractivity contribution in [3.05, 3.63) is 18.2 Å². The molecule has 0 spiro atoms. The molecule has 16 heavy (non-hydrogen) atoms. The summed E-state index contributed by atoms with van der Waals surface area (Å²) in [6.07, 6.45) is 7.90. The van der Waals surface area contributed by atoms with Crippen LogP contribution in [0.15, 0.2) is 12.4 Å². The van der Waals surface area contributed by atoms with E-state index in [0.717, 1.165) is 13.1 Å². The minimum Gasteiger partial charge on any atom is -0.337 e. The number of imidazole rings is 1. The zero-order valence-electron chi connectivity index (χ0n) is 10.3. The molecule has 0 aliphatic carbocycles. The molecular formula is C12H22N4. The zero-order valence-corrected chi connectivity index (χ0v) is 10.3. The number of likely N-dealkylation sites (tertiary alicyclic amines) is 1. The van der Waals surface area contributed by atoms with Gasteiger partial charge in [-0.2, -0.15) is 0 Å². The van der Waals surface area contributed by atoms with Crippen molar-refractivity contribution in [2.24, 2.45) is 7.05 Å². The van der Waals surface area contributed by atoms with Gasteiger partial charge >= 0.3 is 0 Å². The van der Waals surface area contributed by atoms with E-state index in [2.05, 4.69) is 26.8 Å². The number of piperidine rings is 1.